The Bertz CT molecular complexity index is 705. The zero-order valence-electron chi connectivity index (χ0n) is 9.87. The number of hydrogen-bond acceptors (Lipinski definition) is 6. The molecule has 1 N–H and O–H groups in total. The Morgan fingerprint density at radius 1 is 1.47 bits per heavy atom. The average molecular weight is 297 g/mol. The molecule has 3 rings (SSSR count). The van der Waals surface area contributed by atoms with Crippen molar-refractivity contribution in [2.45, 2.75) is 6.42 Å². The molecule has 8 heteroatoms. The number of pyridine rings is 1. The molecule has 0 spiro atoms. The second-order valence-corrected chi connectivity index (χ2v) is 7.64. The van der Waals surface area contributed by atoms with Crippen LogP contribution >= 0.6 is 11.3 Å². The Morgan fingerprint density at radius 3 is 3.00 bits per heavy atom. The van der Waals surface area contributed by atoms with Crippen LogP contribution in [0, 0.1) is 5.92 Å². The second kappa shape index (κ2) is 4.53. The van der Waals surface area contributed by atoms with Crippen molar-refractivity contribution in [2.24, 2.45) is 5.92 Å². The summed E-state index contributed by atoms with van der Waals surface area (Å²) in [5.74, 6) is -0.723. The standard InChI is InChI=1S/C11H11N3O3S2/c15-9(7-3-5-19(16,17)6-7)14-11-13-8-2-1-4-12-10(8)18-11/h1-2,4,7H,3,5-6H2,(H,13,14,15). The van der Waals surface area contributed by atoms with E-state index in [9.17, 15) is 13.2 Å². The number of sulfone groups is 1. The minimum absolute atomic E-state index is 0.0675. The molecule has 1 fully saturated rings. The van der Waals surface area contributed by atoms with Crippen LogP contribution < -0.4 is 5.32 Å². The molecule has 0 radical (unpaired) electrons. The van der Waals surface area contributed by atoms with Crippen molar-refractivity contribution in [3.8, 4) is 0 Å². The van der Waals surface area contributed by atoms with Gasteiger partial charge in [-0.05, 0) is 18.6 Å². The summed E-state index contributed by atoms with van der Waals surface area (Å²) in [5.41, 5.74) is 0.724. The van der Waals surface area contributed by atoms with Gasteiger partial charge in [0.2, 0.25) is 5.91 Å². The molecule has 2 aromatic rings. The largest absolute Gasteiger partial charge is 0.302 e. The molecule has 1 aliphatic heterocycles. The van der Waals surface area contributed by atoms with Gasteiger partial charge in [0.25, 0.3) is 0 Å². The topological polar surface area (TPSA) is 89.0 Å². The Hall–Kier alpha value is -1.54. The number of amides is 1. The Balaban J connectivity index is 1.76. The van der Waals surface area contributed by atoms with E-state index < -0.39 is 15.8 Å². The van der Waals surface area contributed by atoms with Crippen LogP contribution in [-0.4, -0.2) is 35.8 Å². The minimum atomic E-state index is -3.05. The minimum Gasteiger partial charge on any atom is -0.302 e. The highest BCUT2D eigenvalue weighted by atomic mass is 32.2. The Morgan fingerprint density at radius 2 is 2.32 bits per heavy atom. The van der Waals surface area contributed by atoms with Gasteiger partial charge in [0.1, 0.15) is 10.3 Å². The highest BCUT2D eigenvalue weighted by Crippen LogP contribution is 2.25. The molecular formula is C11H11N3O3S2. The quantitative estimate of drug-likeness (QED) is 0.895. The number of thiazole rings is 1. The molecule has 0 aliphatic carbocycles. The number of aromatic nitrogens is 2. The number of nitrogens with zero attached hydrogens (tertiary/aromatic N) is 2. The summed E-state index contributed by atoms with van der Waals surface area (Å²) in [6, 6.07) is 3.59. The van der Waals surface area contributed by atoms with Gasteiger partial charge in [-0.3, -0.25) is 4.79 Å². The summed E-state index contributed by atoms with van der Waals surface area (Å²) < 4.78 is 22.7. The molecule has 19 heavy (non-hydrogen) atoms. The number of carbonyl (C=O) groups is 1. The molecule has 0 bridgehead atoms. The molecule has 6 nitrogen and oxygen atoms in total. The fourth-order valence-electron chi connectivity index (χ4n) is 2.03. The van der Waals surface area contributed by atoms with E-state index in [1.54, 1.807) is 12.3 Å². The monoisotopic (exact) mass is 297 g/mol. The van der Waals surface area contributed by atoms with Gasteiger partial charge in [-0.1, -0.05) is 11.3 Å². The van der Waals surface area contributed by atoms with Crippen LogP contribution in [0.3, 0.4) is 0 Å². The SMILES string of the molecule is O=C(Nc1nc2cccnc2s1)C1CCS(=O)(=O)C1. The van der Waals surface area contributed by atoms with Crippen molar-refractivity contribution < 1.29 is 13.2 Å². The van der Waals surface area contributed by atoms with E-state index >= 15 is 0 Å². The number of carbonyl (C=O) groups excluding carboxylic acids is 1. The number of hydrogen-bond donors (Lipinski definition) is 1. The van der Waals surface area contributed by atoms with E-state index in [0.29, 0.717) is 11.6 Å². The second-order valence-electron chi connectivity index (χ2n) is 4.44. The fraction of sp³-hybridized carbons (Fsp3) is 0.364. The summed E-state index contributed by atoms with van der Waals surface area (Å²) in [6.45, 7) is 0. The smallest absolute Gasteiger partial charge is 0.230 e. The third kappa shape index (κ3) is 2.59. The molecule has 0 saturated carbocycles. The Labute approximate surface area is 113 Å². The zero-order chi connectivity index (χ0) is 13.5. The maximum absolute atomic E-state index is 12.0. The van der Waals surface area contributed by atoms with Crippen LogP contribution in [0.5, 0.6) is 0 Å². The molecule has 1 unspecified atom stereocenters. The highest BCUT2D eigenvalue weighted by molar-refractivity contribution is 7.91. The molecule has 1 amide bonds. The lowest BCUT2D eigenvalue weighted by molar-refractivity contribution is -0.119. The summed E-state index contributed by atoms with van der Waals surface area (Å²) >= 11 is 1.28. The third-order valence-corrected chi connectivity index (χ3v) is 5.66. The van der Waals surface area contributed by atoms with Gasteiger partial charge in [0.05, 0.1) is 17.4 Å². The molecule has 3 heterocycles. The average Bonchev–Trinajstić information content (AvgIpc) is 2.91. The summed E-state index contributed by atoms with van der Waals surface area (Å²) in [4.78, 5) is 21.1. The molecule has 1 aliphatic rings. The first-order valence-corrected chi connectivity index (χ1v) is 8.40. The first-order chi connectivity index (χ1) is 9.03. The molecule has 1 atom stereocenters. The summed E-state index contributed by atoms with van der Waals surface area (Å²) in [5, 5.41) is 3.14. The maximum atomic E-state index is 12.0. The van der Waals surface area contributed by atoms with Gasteiger partial charge < -0.3 is 5.32 Å². The van der Waals surface area contributed by atoms with Crippen molar-refractivity contribution in [3.05, 3.63) is 18.3 Å². The van der Waals surface area contributed by atoms with E-state index in [0.717, 1.165) is 10.3 Å². The summed E-state index contributed by atoms with van der Waals surface area (Å²) in [7, 11) is -3.05. The van der Waals surface area contributed by atoms with Gasteiger partial charge in [-0.25, -0.2) is 18.4 Å². The van der Waals surface area contributed by atoms with Crippen molar-refractivity contribution in [1.29, 1.82) is 0 Å². The fourth-order valence-corrected chi connectivity index (χ4v) is 4.58. The van der Waals surface area contributed by atoms with Gasteiger partial charge in [0, 0.05) is 6.20 Å². The number of anilines is 1. The lowest BCUT2D eigenvalue weighted by atomic mass is 10.1. The van der Waals surface area contributed by atoms with Crippen LogP contribution in [-0.2, 0) is 14.6 Å². The van der Waals surface area contributed by atoms with Crippen molar-refractivity contribution in [1.82, 2.24) is 9.97 Å². The van der Waals surface area contributed by atoms with Crippen molar-refractivity contribution >= 4 is 42.6 Å². The third-order valence-electron chi connectivity index (χ3n) is 3.00. The van der Waals surface area contributed by atoms with E-state index in [1.165, 1.54) is 11.3 Å². The van der Waals surface area contributed by atoms with E-state index in [-0.39, 0.29) is 17.4 Å². The van der Waals surface area contributed by atoms with Crippen LogP contribution in [0.15, 0.2) is 18.3 Å². The Kier molecular flexibility index (Phi) is 2.98. The highest BCUT2D eigenvalue weighted by Gasteiger charge is 2.33. The van der Waals surface area contributed by atoms with Gasteiger partial charge >= 0.3 is 0 Å². The van der Waals surface area contributed by atoms with Crippen LogP contribution in [0.25, 0.3) is 10.3 Å². The van der Waals surface area contributed by atoms with Crippen molar-refractivity contribution in [2.75, 3.05) is 16.8 Å². The van der Waals surface area contributed by atoms with Crippen molar-refractivity contribution in [3.63, 3.8) is 0 Å². The first kappa shape index (κ1) is 12.5. The van der Waals surface area contributed by atoms with Crippen LogP contribution in [0.4, 0.5) is 5.13 Å². The molecular weight excluding hydrogens is 286 g/mol. The number of rotatable bonds is 2. The zero-order valence-corrected chi connectivity index (χ0v) is 11.5. The predicted octanol–water partition coefficient (Wildman–Crippen LogP) is 1.06. The number of nitrogens with one attached hydrogen (secondary N) is 1. The van der Waals surface area contributed by atoms with Crippen LogP contribution in [0.2, 0.25) is 0 Å². The van der Waals surface area contributed by atoms with Crippen LogP contribution in [0.1, 0.15) is 6.42 Å². The maximum Gasteiger partial charge on any atom is 0.230 e. The predicted molar refractivity (Wildman–Crippen MR) is 72.8 cm³/mol. The molecule has 100 valence electrons. The van der Waals surface area contributed by atoms with Gasteiger partial charge in [-0.2, -0.15) is 0 Å². The van der Waals surface area contributed by atoms with Gasteiger partial charge in [0.15, 0.2) is 15.0 Å². The van der Waals surface area contributed by atoms with E-state index in [2.05, 4.69) is 15.3 Å². The normalized spacial score (nSPS) is 21.6. The van der Waals surface area contributed by atoms with Gasteiger partial charge in [-0.15, -0.1) is 0 Å². The number of fused-ring (bicyclic) bond motifs is 1. The molecule has 0 aromatic carbocycles. The molecule has 2 aromatic heterocycles. The lowest BCUT2D eigenvalue weighted by Gasteiger charge is -2.05. The molecule has 1 saturated heterocycles. The van der Waals surface area contributed by atoms with E-state index in [1.807, 2.05) is 6.07 Å². The summed E-state index contributed by atoms with van der Waals surface area (Å²) in [6.07, 6.45) is 2.05. The first-order valence-electron chi connectivity index (χ1n) is 5.76. The lowest BCUT2D eigenvalue weighted by Crippen LogP contribution is -2.23. The van der Waals surface area contributed by atoms with E-state index in [4.69, 9.17) is 0 Å².